The summed E-state index contributed by atoms with van der Waals surface area (Å²) >= 11 is 0. The summed E-state index contributed by atoms with van der Waals surface area (Å²) in [6.07, 6.45) is 1.85. The summed E-state index contributed by atoms with van der Waals surface area (Å²) in [5, 5.41) is 0. The average Bonchev–Trinajstić information content (AvgIpc) is 2.20. The van der Waals surface area contributed by atoms with Crippen molar-refractivity contribution in [3.05, 3.63) is 29.1 Å². The maximum Gasteiger partial charge on any atom is 0.166 e. The molecule has 1 aromatic carbocycles. The zero-order valence-corrected chi connectivity index (χ0v) is 7.97. The van der Waals surface area contributed by atoms with E-state index in [0.29, 0.717) is 29.7 Å². The number of methoxy groups -OCH3 is 1. The molecule has 3 heteroatoms. The van der Waals surface area contributed by atoms with Gasteiger partial charge in [0.2, 0.25) is 0 Å². The van der Waals surface area contributed by atoms with E-state index in [9.17, 15) is 9.18 Å². The van der Waals surface area contributed by atoms with E-state index in [1.807, 2.05) is 0 Å². The van der Waals surface area contributed by atoms with Crippen LogP contribution < -0.4 is 4.74 Å². The Balaban J connectivity index is 2.64. The zero-order valence-electron chi connectivity index (χ0n) is 7.97. The highest BCUT2D eigenvalue weighted by Gasteiger charge is 2.23. The summed E-state index contributed by atoms with van der Waals surface area (Å²) in [5.41, 5.74) is 0.958. The highest BCUT2D eigenvalue weighted by atomic mass is 19.1. The number of hydrogen-bond acceptors (Lipinski definition) is 2. The van der Waals surface area contributed by atoms with Gasteiger partial charge >= 0.3 is 0 Å². The first-order valence-electron chi connectivity index (χ1n) is 4.62. The number of ketones is 1. The van der Waals surface area contributed by atoms with Crippen LogP contribution in [-0.2, 0) is 6.42 Å². The number of benzene rings is 1. The van der Waals surface area contributed by atoms with Crippen LogP contribution in [0.4, 0.5) is 4.39 Å². The van der Waals surface area contributed by atoms with Gasteiger partial charge in [0.15, 0.2) is 5.78 Å². The zero-order chi connectivity index (χ0) is 10.1. The number of Topliss-reactive ketones (excluding diaryl/α,β-unsaturated/α-hetero) is 1. The molecule has 0 spiro atoms. The maximum absolute atomic E-state index is 13.4. The molecule has 74 valence electrons. The summed E-state index contributed by atoms with van der Waals surface area (Å²) in [6.45, 7) is 0. The summed E-state index contributed by atoms with van der Waals surface area (Å²) in [7, 11) is 1.50. The smallest absolute Gasteiger partial charge is 0.166 e. The third kappa shape index (κ3) is 1.29. The Morgan fingerprint density at radius 3 is 2.86 bits per heavy atom. The van der Waals surface area contributed by atoms with Crippen LogP contribution in [0.1, 0.15) is 28.8 Å². The molecule has 0 radical (unpaired) electrons. The van der Waals surface area contributed by atoms with E-state index in [2.05, 4.69) is 0 Å². The lowest BCUT2D eigenvalue weighted by Crippen LogP contribution is -2.14. The van der Waals surface area contributed by atoms with Crippen molar-refractivity contribution in [3.63, 3.8) is 0 Å². The van der Waals surface area contributed by atoms with Gasteiger partial charge in [-0.05, 0) is 25.0 Å². The number of carbonyl (C=O) groups excluding carboxylic acids is 1. The minimum Gasteiger partial charge on any atom is -0.496 e. The van der Waals surface area contributed by atoms with Gasteiger partial charge in [0.05, 0.1) is 12.7 Å². The molecule has 0 heterocycles. The lowest BCUT2D eigenvalue weighted by atomic mass is 9.89. The van der Waals surface area contributed by atoms with Crippen molar-refractivity contribution in [3.8, 4) is 5.75 Å². The highest BCUT2D eigenvalue weighted by molar-refractivity contribution is 6.01. The first-order valence-corrected chi connectivity index (χ1v) is 4.62. The summed E-state index contributed by atoms with van der Waals surface area (Å²) in [4.78, 5) is 11.6. The maximum atomic E-state index is 13.4. The number of ether oxygens (including phenoxy) is 1. The van der Waals surface area contributed by atoms with E-state index in [1.165, 1.54) is 19.2 Å². The van der Waals surface area contributed by atoms with Crippen LogP contribution in [0.15, 0.2) is 12.1 Å². The molecule has 0 N–H and O–H groups in total. The summed E-state index contributed by atoms with van der Waals surface area (Å²) in [5.74, 6) is 0.183. The lowest BCUT2D eigenvalue weighted by molar-refractivity contribution is 0.0968. The molecular formula is C11H11FO2. The summed E-state index contributed by atoms with van der Waals surface area (Å²) < 4.78 is 18.4. The third-order valence-corrected chi connectivity index (χ3v) is 2.55. The average molecular weight is 194 g/mol. The Morgan fingerprint density at radius 2 is 2.14 bits per heavy atom. The van der Waals surface area contributed by atoms with Crippen molar-refractivity contribution in [1.29, 1.82) is 0 Å². The molecule has 1 aliphatic carbocycles. The Bertz CT molecular complexity index is 385. The van der Waals surface area contributed by atoms with E-state index in [4.69, 9.17) is 4.74 Å². The van der Waals surface area contributed by atoms with Crippen molar-refractivity contribution in [2.24, 2.45) is 0 Å². The number of halogens is 1. The van der Waals surface area contributed by atoms with Gasteiger partial charge in [-0.25, -0.2) is 4.39 Å². The predicted molar refractivity (Wildman–Crippen MR) is 50.2 cm³/mol. The molecule has 0 fully saturated rings. The fourth-order valence-corrected chi connectivity index (χ4v) is 1.87. The quantitative estimate of drug-likeness (QED) is 0.686. The van der Waals surface area contributed by atoms with Crippen LogP contribution in [0.3, 0.4) is 0 Å². The molecule has 0 saturated carbocycles. The van der Waals surface area contributed by atoms with Crippen LogP contribution in [0.2, 0.25) is 0 Å². The van der Waals surface area contributed by atoms with Crippen molar-refractivity contribution >= 4 is 5.78 Å². The minimum atomic E-state index is -0.297. The largest absolute Gasteiger partial charge is 0.496 e. The Morgan fingerprint density at radius 1 is 1.36 bits per heavy atom. The molecule has 0 saturated heterocycles. The molecule has 14 heavy (non-hydrogen) atoms. The van der Waals surface area contributed by atoms with Gasteiger partial charge < -0.3 is 4.74 Å². The monoisotopic (exact) mass is 194 g/mol. The van der Waals surface area contributed by atoms with Crippen LogP contribution in [0, 0.1) is 5.82 Å². The SMILES string of the molecule is COc1ccc(F)c2c1C(=O)CCC2. The molecule has 2 rings (SSSR count). The number of rotatable bonds is 1. The highest BCUT2D eigenvalue weighted by Crippen LogP contribution is 2.31. The van der Waals surface area contributed by atoms with Crippen molar-refractivity contribution in [1.82, 2.24) is 0 Å². The molecular weight excluding hydrogens is 183 g/mol. The Kier molecular flexibility index (Phi) is 2.23. The molecule has 0 atom stereocenters. The minimum absolute atomic E-state index is 0.0115. The van der Waals surface area contributed by atoms with Crippen LogP contribution in [0.5, 0.6) is 5.75 Å². The normalized spacial score (nSPS) is 15.1. The Labute approximate surface area is 81.7 Å². The molecule has 1 aromatic rings. The molecule has 0 amide bonds. The Hall–Kier alpha value is -1.38. The van der Waals surface area contributed by atoms with E-state index in [1.54, 1.807) is 0 Å². The van der Waals surface area contributed by atoms with Gasteiger partial charge in [-0.2, -0.15) is 0 Å². The van der Waals surface area contributed by atoms with E-state index >= 15 is 0 Å². The third-order valence-electron chi connectivity index (χ3n) is 2.55. The topological polar surface area (TPSA) is 26.3 Å². The van der Waals surface area contributed by atoms with Gasteiger partial charge in [0.25, 0.3) is 0 Å². The standard InChI is InChI=1S/C11H11FO2/c1-14-10-6-5-8(12)7-3-2-4-9(13)11(7)10/h5-6H,2-4H2,1H3. The second kappa shape index (κ2) is 3.40. The van der Waals surface area contributed by atoms with Crippen molar-refractivity contribution < 1.29 is 13.9 Å². The first-order chi connectivity index (χ1) is 6.74. The summed E-state index contributed by atoms with van der Waals surface area (Å²) in [6, 6.07) is 2.87. The first kappa shape index (κ1) is 9.19. The van der Waals surface area contributed by atoms with E-state index < -0.39 is 0 Å². The van der Waals surface area contributed by atoms with Gasteiger partial charge in [-0.15, -0.1) is 0 Å². The second-order valence-electron chi connectivity index (χ2n) is 3.38. The van der Waals surface area contributed by atoms with Crippen LogP contribution >= 0.6 is 0 Å². The van der Waals surface area contributed by atoms with Gasteiger partial charge in [-0.3, -0.25) is 4.79 Å². The van der Waals surface area contributed by atoms with Crippen LogP contribution in [0.25, 0.3) is 0 Å². The van der Waals surface area contributed by atoms with Gasteiger partial charge in [-0.1, -0.05) is 0 Å². The molecule has 2 nitrogen and oxygen atoms in total. The molecule has 1 aliphatic rings. The fourth-order valence-electron chi connectivity index (χ4n) is 1.87. The number of fused-ring (bicyclic) bond motifs is 1. The van der Waals surface area contributed by atoms with Crippen LogP contribution in [-0.4, -0.2) is 12.9 Å². The number of hydrogen-bond donors (Lipinski definition) is 0. The lowest BCUT2D eigenvalue weighted by Gasteiger charge is -2.17. The predicted octanol–water partition coefficient (Wildman–Crippen LogP) is 2.35. The second-order valence-corrected chi connectivity index (χ2v) is 3.38. The van der Waals surface area contributed by atoms with Gasteiger partial charge in [0, 0.05) is 12.0 Å². The molecule has 0 unspecified atom stereocenters. The molecule has 0 bridgehead atoms. The van der Waals surface area contributed by atoms with Crippen molar-refractivity contribution in [2.75, 3.05) is 7.11 Å². The van der Waals surface area contributed by atoms with E-state index in [-0.39, 0.29) is 11.6 Å². The molecule has 0 aliphatic heterocycles. The van der Waals surface area contributed by atoms with Gasteiger partial charge in [0.1, 0.15) is 11.6 Å². The fraction of sp³-hybridized carbons (Fsp3) is 0.364. The van der Waals surface area contributed by atoms with E-state index in [0.717, 1.165) is 6.42 Å². The molecule has 0 aromatic heterocycles. The van der Waals surface area contributed by atoms with Crippen molar-refractivity contribution in [2.45, 2.75) is 19.3 Å². The number of carbonyl (C=O) groups is 1.